The minimum absolute atomic E-state index is 0.00340. The Hall–Kier alpha value is -3.40. The molecule has 4 rings (SSSR count). The monoisotopic (exact) mass is 460 g/mol. The minimum atomic E-state index is -4.49. The van der Waals surface area contributed by atoms with Crippen molar-refractivity contribution in [1.29, 1.82) is 0 Å². The van der Waals surface area contributed by atoms with E-state index < -0.39 is 17.8 Å². The minimum Gasteiger partial charge on any atom is -0.308 e. The molecule has 1 saturated heterocycles. The zero-order chi connectivity index (χ0) is 23.3. The van der Waals surface area contributed by atoms with Crippen molar-refractivity contribution in [2.45, 2.75) is 31.5 Å². The van der Waals surface area contributed by atoms with E-state index in [0.717, 1.165) is 43.8 Å². The topological polar surface area (TPSA) is 74.3 Å². The number of urea groups is 1. The highest BCUT2D eigenvalue weighted by Gasteiger charge is 2.31. The van der Waals surface area contributed by atoms with Gasteiger partial charge in [0, 0.05) is 12.1 Å². The van der Waals surface area contributed by atoms with Gasteiger partial charge in [0.15, 0.2) is 0 Å². The first kappa shape index (κ1) is 22.8. The van der Waals surface area contributed by atoms with E-state index in [2.05, 4.69) is 32.9 Å². The Bertz CT molecular complexity index is 1070. The SMILES string of the molecule is O=C(Nc1cccc(C(F)(F)F)c1)Nc1c[n+]([C@@H](Cc2ccccc2)CN2CCCC2)no1. The molecule has 0 bridgehead atoms. The molecule has 0 saturated carbocycles. The second-order valence-electron chi connectivity index (χ2n) is 8.06. The summed E-state index contributed by atoms with van der Waals surface area (Å²) >= 11 is 0. The highest BCUT2D eigenvalue weighted by molar-refractivity contribution is 5.98. The van der Waals surface area contributed by atoms with Crippen molar-refractivity contribution in [3.63, 3.8) is 0 Å². The Morgan fingerprint density at radius 2 is 1.85 bits per heavy atom. The van der Waals surface area contributed by atoms with Crippen molar-refractivity contribution in [1.82, 2.24) is 10.2 Å². The zero-order valence-corrected chi connectivity index (χ0v) is 17.9. The highest BCUT2D eigenvalue weighted by Crippen LogP contribution is 2.30. The summed E-state index contributed by atoms with van der Waals surface area (Å²) in [7, 11) is 0. The fourth-order valence-electron chi connectivity index (χ4n) is 3.92. The van der Waals surface area contributed by atoms with E-state index >= 15 is 0 Å². The fraction of sp³-hybridized carbons (Fsp3) is 0.348. The maximum Gasteiger partial charge on any atom is 0.416 e. The van der Waals surface area contributed by atoms with Crippen LogP contribution in [0.4, 0.5) is 29.5 Å². The molecule has 1 aliphatic rings. The van der Waals surface area contributed by atoms with Gasteiger partial charge >= 0.3 is 18.1 Å². The molecule has 1 aromatic heterocycles. The number of nitrogens with zero attached hydrogens (tertiary/aromatic N) is 3. The summed E-state index contributed by atoms with van der Waals surface area (Å²) in [6.07, 6.45) is 0.182. The van der Waals surface area contributed by atoms with Crippen molar-refractivity contribution < 1.29 is 27.2 Å². The van der Waals surface area contributed by atoms with E-state index in [1.54, 1.807) is 10.9 Å². The summed E-state index contributed by atoms with van der Waals surface area (Å²) in [4.78, 5) is 14.7. The Labute approximate surface area is 189 Å². The van der Waals surface area contributed by atoms with Crippen molar-refractivity contribution in [2.75, 3.05) is 30.3 Å². The lowest BCUT2D eigenvalue weighted by atomic mass is 10.1. The van der Waals surface area contributed by atoms with E-state index in [-0.39, 0.29) is 17.6 Å². The molecule has 2 heterocycles. The van der Waals surface area contributed by atoms with Crippen LogP contribution < -0.4 is 15.3 Å². The number of rotatable bonds is 7. The fourth-order valence-corrected chi connectivity index (χ4v) is 3.92. The number of likely N-dealkylation sites (tertiary alicyclic amines) is 1. The maximum atomic E-state index is 12.9. The van der Waals surface area contributed by atoms with E-state index in [4.69, 9.17) is 4.52 Å². The predicted molar refractivity (Wildman–Crippen MR) is 116 cm³/mol. The molecule has 33 heavy (non-hydrogen) atoms. The second kappa shape index (κ2) is 10.0. The molecule has 174 valence electrons. The molecule has 1 fully saturated rings. The van der Waals surface area contributed by atoms with Crippen LogP contribution in [-0.2, 0) is 12.6 Å². The molecule has 7 nitrogen and oxygen atoms in total. The van der Waals surface area contributed by atoms with Crippen LogP contribution in [0, 0.1) is 0 Å². The van der Waals surface area contributed by atoms with Gasteiger partial charge in [0.25, 0.3) is 6.20 Å². The molecule has 2 aromatic carbocycles. The number of benzene rings is 2. The Morgan fingerprint density at radius 1 is 1.09 bits per heavy atom. The first-order valence-electron chi connectivity index (χ1n) is 10.8. The summed E-state index contributed by atoms with van der Waals surface area (Å²) in [6.45, 7) is 2.87. The summed E-state index contributed by atoms with van der Waals surface area (Å²) in [6, 6.07) is 13.7. The number of carbonyl (C=O) groups is 1. The van der Waals surface area contributed by atoms with E-state index in [9.17, 15) is 18.0 Å². The van der Waals surface area contributed by atoms with Crippen LogP contribution in [0.2, 0.25) is 0 Å². The van der Waals surface area contributed by atoms with Gasteiger partial charge in [0.1, 0.15) is 0 Å². The van der Waals surface area contributed by atoms with Gasteiger partial charge in [0.2, 0.25) is 11.3 Å². The lowest BCUT2D eigenvalue weighted by Gasteiger charge is -2.17. The van der Waals surface area contributed by atoms with Crippen LogP contribution in [-0.4, -0.2) is 35.8 Å². The highest BCUT2D eigenvalue weighted by atomic mass is 19.4. The third kappa shape index (κ3) is 6.32. The Balaban J connectivity index is 1.42. The van der Waals surface area contributed by atoms with E-state index in [1.807, 2.05) is 18.2 Å². The molecule has 0 unspecified atom stereocenters. The predicted octanol–water partition coefficient (Wildman–Crippen LogP) is 4.50. The number of amides is 2. The lowest BCUT2D eigenvalue weighted by Crippen LogP contribution is -2.47. The van der Waals surface area contributed by atoms with Crippen LogP contribution in [0.3, 0.4) is 0 Å². The number of alkyl halides is 3. The number of anilines is 2. The normalized spacial score (nSPS) is 15.4. The average Bonchev–Trinajstić information content (AvgIpc) is 3.46. The molecule has 1 aliphatic heterocycles. The first-order valence-corrected chi connectivity index (χ1v) is 10.8. The molecule has 3 aromatic rings. The largest absolute Gasteiger partial charge is 0.416 e. The van der Waals surface area contributed by atoms with Gasteiger partial charge in [-0.1, -0.05) is 36.4 Å². The molecule has 0 aliphatic carbocycles. The second-order valence-corrected chi connectivity index (χ2v) is 8.06. The quantitative estimate of drug-likeness (QED) is 0.509. The number of hydrogen-bond donors (Lipinski definition) is 2. The number of hydrogen-bond acceptors (Lipinski definition) is 4. The van der Waals surface area contributed by atoms with Gasteiger partial charge in [-0.2, -0.15) is 13.2 Å². The van der Waals surface area contributed by atoms with Crippen LogP contribution in [0.15, 0.2) is 65.3 Å². The van der Waals surface area contributed by atoms with Gasteiger partial charge in [-0.25, -0.2) is 4.79 Å². The molecule has 0 radical (unpaired) electrons. The molecule has 10 heteroatoms. The number of aromatic nitrogens is 2. The maximum absolute atomic E-state index is 12.9. The number of nitrogens with one attached hydrogen (secondary N) is 2. The van der Waals surface area contributed by atoms with Crippen LogP contribution in [0.25, 0.3) is 0 Å². The van der Waals surface area contributed by atoms with E-state index in [0.29, 0.717) is 0 Å². The van der Waals surface area contributed by atoms with Gasteiger partial charge in [-0.05, 0) is 54.4 Å². The Kier molecular flexibility index (Phi) is 6.93. The average molecular weight is 460 g/mol. The zero-order valence-electron chi connectivity index (χ0n) is 17.9. The van der Waals surface area contributed by atoms with E-state index in [1.165, 1.54) is 25.0 Å². The third-order valence-electron chi connectivity index (χ3n) is 5.52. The smallest absolute Gasteiger partial charge is 0.308 e. The van der Waals surface area contributed by atoms with Crippen molar-refractivity contribution in [2.24, 2.45) is 0 Å². The lowest BCUT2D eigenvalue weighted by molar-refractivity contribution is -0.784. The first-order chi connectivity index (χ1) is 15.9. The van der Waals surface area contributed by atoms with Gasteiger partial charge in [-0.3, -0.25) is 14.7 Å². The van der Waals surface area contributed by atoms with Crippen molar-refractivity contribution >= 4 is 17.6 Å². The van der Waals surface area contributed by atoms with Crippen LogP contribution >= 0.6 is 0 Å². The summed E-state index contributed by atoms with van der Waals surface area (Å²) in [5.41, 5.74) is 0.336. The Morgan fingerprint density at radius 3 is 2.58 bits per heavy atom. The molecule has 1 atom stereocenters. The summed E-state index contributed by atoms with van der Waals surface area (Å²) in [5, 5.41) is 8.96. The van der Waals surface area contributed by atoms with Crippen LogP contribution in [0.5, 0.6) is 0 Å². The van der Waals surface area contributed by atoms with Crippen molar-refractivity contribution in [3.05, 3.63) is 71.9 Å². The third-order valence-corrected chi connectivity index (χ3v) is 5.52. The van der Waals surface area contributed by atoms with Crippen LogP contribution in [0.1, 0.15) is 30.0 Å². The van der Waals surface area contributed by atoms with Gasteiger partial charge in [-0.15, -0.1) is 0 Å². The summed E-state index contributed by atoms with van der Waals surface area (Å²) < 4.78 is 45.6. The molecular weight excluding hydrogens is 435 g/mol. The van der Waals surface area contributed by atoms with Crippen molar-refractivity contribution in [3.8, 4) is 0 Å². The number of halogens is 3. The molecule has 2 N–H and O–H groups in total. The summed E-state index contributed by atoms with van der Waals surface area (Å²) in [5.74, 6) is 0.0963. The standard InChI is InChI=1S/C23H24F3N5O2/c24-23(25,26)18-9-6-10-19(14-18)27-22(32)28-21-16-31(29-33-21)20(15-30-11-4-5-12-30)13-17-7-2-1-3-8-17/h1-3,6-10,14,16,20H,4-5,11-13,15H2,(H-,27,28,29,32)/p+1/t20-/m0/s1. The molecule has 2 amide bonds. The van der Waals surface area contributed by atoms with Gasteiger partial charge in [0.05, 0.1) is 12.1 Å². The number of carbonyl (C=O) groups excluding carboxylic acids is 1. The molecule has 0 spiro atoms. The van der Waals surface area contributed by atoms with Gasteiger partial charge < -0.3 is 5.32 Å². The molecular formula is C23H25F3N5O2+.